The first-order chi connectivity index (χ1) is 11.3. The topological polar surface area (TPSA) is 77.0 Å². The fourth-order valence-corrected chi connectivity index (χ4v) is 2.54. The molecule has 6 nitrogen and oxygen atoms in total. The van der Waals surface area contributed by atoms with Crippen molar-refractivity contribution in [3.63, 3.8) is 0 Å². The summed E-state index contributed by atoms with van der Waals surface area (Å²) in [4.78, 5) is 8.77. The van der Waals surface area contributed by atoms with Crippen molar-refractivity contribution in [2.75, 3.05) is 0 Å². The molecule has 0 atom stereocenters. The third-order valence-corrected chi connectivity index (χ3v) is 3.60. The highest BCUT2D eigenvalue weighted by molar-refractivity contribution is 5.89. The van der Waals surface area contributed by atoms with Crippen molar-refractivity contribution in [1.82, 2.24) is 19.7 Å². The van der Waals surface area contributed by atoms with Gasteiger partial charge in [0.15, 0.2) is 11.4 Å². The minimum Gasteiger partial charge on any atom is -0.457 e. The van der Waals surface area contributed by atoms with E-state index in [1.807, 2.05) is 41.1 Å². The van der Waals surface area contributed by atoms with Crippen LogP contribution < -0.4 is 0 Å². The zero-order valence-electron chi connectivity index (χ0n) is 12.3. The molecule has 0 unspecified atom stereocenters. The predicted octanol–water partition coefficient (Wildman–Crippen LogP) is 2.63. The molecule has 0 bridgehead atoms. The zero-order valence-corrected chi connectivity index (χ0v) is 12.3. The van der Waals surface area contributed by atoms with Crippen LogP contribution in [0.1, 0.15) is 11.5 Å². The standard InChI is InChI=1S/C17H14N4O2/c22-11-13-6-7-15(23-13)16-14-5-3-9-19-17(14)21(20-16)10-12-4-1-2-8-18-12/h1-9,22H,10-11H2. The minimum absolute atomic E-state index is 0.134. The average molecular weight is 306 g/mol. The molecule has 1 N–H and O–H groups in total. The Balaban J connectivity index is 1.83. The van der Waals surface area contributed by atoms with E-state index in [-0.39, 0.29) is 6.61 Å². The summed E-state index contributed by atoms with van der Waals surface area (Å²) >= 11 is 0. The van der Waals surface area contributed by atoms with Gasteiger partial charge in [-0.15, -0.1) is 0 Å². The molecule has 0 radical (unpaired) electrons. The van der Waals surface area contributed by atoms with Gasteiger partial charge >= 0.3 is 0 Å². The molecule has 0 aromatic carbocycles. The molecule has 0 spiro atoms. The lowest BCUT2D eigenvalue weighted by molar-refractivity contribution is 0.248. The summed E-state index contributed by atoms with van der Waals surface area (Å²) < 4.78 is 7.43. The lowest BCUT2D eigenvalue weighted by Crippen LogP contribution is -2.04. The van der Waals surface area contributed by atoms with Crippen molar-refractivity contribution in [1.29, 1.82) is 0 Å². The molecule has 4 aromatic rings. The monoisotopic (exact) mass is 306 g/mol. The lowest BCUT2D eigenvalue weighted by Gasteiger charge is -2.01. The summed E-state index contributed by atoms with van der Waals surface area (Å²) in [6.07, 6.45) is 3.50. The van der Waals surface area contributed by atoms with E-state index in [1.54, 1.807) is 18.5 Å². The number of furan rings is 1. The van der Waals surface area contributed by atoms with Crippen molar-refractivity contribution in [2.45, 2.75) is 13.2 Å². The van der Waals surface area contributed by atoms with Crippen LogP contribution in [-0.4, -0.2) is 24.9 Å². The second kappa shape index (κ2) is 5.66. The van der Waals surface area contributed by atoms with Gasteiger partial charge in [0.1, 0.15) is 18.1 Å². The van der Waals surface area contributed by atoms with Crippen molar-refractivity contribution >= 4 is 11.0 Å². The Morgan fingerprint density at radius 1 is 1.00 bits per heavy atom. The molecule has 0 aliphatic rings. The zero-order chi connectivity index (χ0) is 15.6. The highest BCUT2D eigenvalue weighted by Crippen LogP contribution is 2.28. The summed E-state index contributed by atoms with van der Waals surface area (Å²) in [7, 11) is 0. The Morgan fingerprint density at radius 3 is 2.70 bits per heavy atom. The van der Waals surface area contributed by atoms with Gasteiger partial charge in [-0.1, -0.05) is 6.07 Å². The Bertz CT molecular complexity index is 944. The van der Waals surface area contributed by atoms with Gasteiger partial charge in [-0.25, -0.2) is 9.67 Å². The molecule has 6 heteroatoms. The maximum absolute atomic E-state index is 9.17. The largest absolute Gasteiger partial charge is 0.457 e. The second-order valence-corrected chi connectivity index (χ2v) is 5.13. The van der Waals surface area contributed by atoms with Gasteiger partial charge in [0, 0.05) is 12.4 Å². The lowest BCUT2D eigenvalue weighted by atomic mass is 10.2. The number of aliphatic hydroxyl groups is 1. The second-order valence-electron chi connectivity index (χ2n) is 5.13. The van der Waals surface area contributed by atoms with Crippen molar-refractivity contribution in [3.8, 4) is 11.5 Å². The number of aliphatic hydroxyl groups excluding tert-OH is 1. The summed E-state index contributed by atoms with van der Waals surface area (Å²) in [6, 6.07) is 13.2. The van der Waals surface area contributed by atoms with Crippen LogP contribution >= 0.6 is 0 Å². The van der Waals surface area contributed by atoms with Crippen LogP contribution in [-0.2, 0) is 13.2 Å². The highest BCUT2D eigenvalue weighted by Gasteiger charge is 2.16. The van der Waals surface area contributed by atoms with Crippen molar-refractivity contribution < 1.29 is 9.52 Å². The number of pyridine rings is 2. The van der Waals surface area contributed by atoms with Gasteiger partial charge in [0.25, 0.3) is 0 Å². The van der Waals surface area contributed by atoms with E-state index in [4.69, 9.17) is 4.42 Å². The molecular formula is C17H14N4O2. The van der Waals surface area contributed by atoms with E-state index >= 15 is 0 Å². The van der Waals surface area contributed by atoms with E-state index in [2.05, 4.69) is 15.1 Å². The smallest absolute Gasteiger partial charge is 0.158 e. The summed E-state index contributed by atoms with van der Waals surface area (Å²) in [5, 5.41) is 14.7. The van der Waals surface area contributed by atoms with Crippen LogP contribution in [0.3, 0.4) is 0 Å². The molecule has 0 saturated carbocycles. The quantitative estimate of drug-likeness (QED) is 0.627. The maximum atomic E-state index is 9.17. The van der Waals surface area contributed by atoms with Gasteiger partial charge in [-0.3, -0.25) is 4.98 Å². The third-order valence-electron chi connectivity index (χ3n) is 3.60. The van der Waals surface area contributed by atoms with Gasteiger partial charge in [-0.05, 0) is 36.4 Å². The van der Waals surface area contributed by atoms with Gasteiger partial charge < -0.3 is 9.52 Å². The first-order valence-corrected chi connectivity index (χ1v) is 7.26. The molecule has 0 amide bonds. The molecule has 0 aliphatic carbocycles. The first kappa shape index (κ1) is 13.7. The fourth-order valence-electron chi connectivity index (χ4n) is 2.54. The maximum Gasteiger partial charge on any atom is 0.158 e. The SMILES string of the molecule is OCc1ccc(-c2nn(Cc3ccccn3)c3ncccc23)o1. The highest BCUT2D eigenvalue weighted by atomic mass is 16.4. The molecule has 114 valence electrons. The normalized spacial score (nSPS) is 11.2. The number of nitrogens with zero attached hydrogens (tertiary/aromatic N) is 4. The van der Waals surface area contributed by atoms with E-state index in [9.17, 15) is 5.11 Å². The van der Waals surface area contributed by atoms with Crippen molar-refractivity contribution in [3.05, 3.63) is 66.3 Å². The van der Waals surface area contributed by atoms with Crippen LogP contribution in [0.4, 0.5) is 0 Å². The molecule has 0 aliphatic heterocycles. The number of hydrogen-bond acceptors (Lipinski definition) is 5. The van der Waals surface area contributed by atoms with Gasteiger partial charge in [-0.2, -0.15) is 5.10 Å². The summed E-state index contributed by atoms with van der Waals surface area (Å²) in [5.74, 6) is 1.13. The summed E-state index contributed by atoms with van der Waals surface area (Å²) in [6.45, 7) is 0.396. The van der Waals surface area contributed by atoms with Crippen LogP contribution in [0, 0.1) is 0 Å². The van der Waals surface area contributed by atoms with Crippen molar-refractivity contribution in [2.24, 2.45) is 0 Å². The molecule has 4 aromatic heterocycles. The predicted molar refractivity (Wildman–Crippen MR) is 84.5 cm³/mol. The molecule has 4 heterocycles. The molecular weight excluding hydrogens is 292 g/mol. The minimum atomic E-state index is -0.134. The Hall–Kier alpha value is -2.99. The fraction of sp³-hybridized carbons (Fsp3) is 0.118. The summed E-state index contributed by atoms with van der Waals surface area (Å²) in [5.41, 5.74) is 2.39. The van der Waals surface area contributed by atoms with Crippen LogP contribution in [0.25, 0.3) is 22.5 Å². The van der Waals surface area contributed by atoms with Gasteiger partial charge in [0.2, 0.25) is 0 Å². The molecule has 23 heavy (non-hydrogen) atoms. The molecule has 0 fully saturated rings. The van der Waals surface area contributed by atoms with Crippen LogP contribution in [0.2, 0.25) is 0 Å². The third kappa shape index (κ3) is 2.49. The Morgan fingerprint density at radius 2 is 1.91 bits per heavy atom. The van der Waals surface area contributed by atoms with Crippen LogP contribution in [0.5, 0.6) is 0 Å². The number of fused-ring (bicyclic) bond motifs is 1. The Kier molecular flexibility index (Phi) is 3.36. The van der Waals surface area contributed by atoms with E-state index in [0.717, 1.165) is 16.7 Å². The molecule has 0 saturated heterocycles. The van der Waals surface area contributed by atoms with E-state index < -0.39 is 0 Å². The van der Waals surface area contributed by atoms with Gasteiger partial charge in [0.05, 0.1) is 17.6 Å². The number of aromatic nitrogens is 4. The molecule has 4 rings (SSSR count). The van der Waals surface area contributed by atoms with E-state index in [0.29, 0.717) is 23.8 Å². The van der Waals surface area contributed by atoms with Crippen LogP contribution in [0.15, 0.2) is 59.3 Å². The average Bonchev–Trinajstić information content (AvgIpc) is 3.21. The Labute approximate surface area is 132 Å². The number of rotatable bonds is 4. The first-order valence-electron chi connectivity index (χ1n) is 7.26. The number of hydrogen-bond donors (Lipinski definition) is 1. The van der Waals surface area contributed by atoms with E-state index in [1.165, 1.54) is 0 Å².